The largest absolute Gasteiger partial charge is 0.479 e. The molecule has 0 aliphatic heterocycles. The van der Waals surface area contributed by atoms with Crippen molar-refractivity contribution in [2.24, 2.45) is 0 Å². The maximum atomic E-state index is 13.9. The standard InChI is InChI=1S/C22H22F2N2O6/c23-22(24,20(30)25-10-9-18(27)19(28)29)12-26-21(31)32-11-17-15-7-3-1-5-13(15)14-6-2-4-8-16(14)17/h1-8,17-18,27H,9-12H2,(H,25,30)(H,26,31)(H,28,29). The van der Waals surface area contributed by atoms with Crippen LogP contribution in [0, 0.1) is 0 Å². The van der Waals surface area contributed by atoms with Crippen LogP contribution >= 0.6 is 0 Å². The van der Waals surface area contributed by atoms with E-state index in [0.717, 1.165) is 22.3 Å². The van der Waals surface area contributed by atoms with Crippen molar-refractivity contribution in [1.29, 1.82) is 0 Å². The van der Waals surface area contributed by atoms with Crippen molar-refractivity contribution in [3.05, 3.63) is 59.7 Å². The van der Waals surface area contributed by atoms with Gasteiger partial charge < -0.3 is 25.6 Å². The zero-order chi connectivity index (χ0) is 23.3. The number of fused-ring (bicyclic) bond motifs is 3. The molecule has 0 fully saturated rings. The number of hydrogen-bond acceptors (Lipinski definition) is 5. The van der Waals surface area contributed by atoms with Crippen molar-refractivity contribution in [1.82, 2.24) is 10.6 Å². The number of aliphatic hydroxyl groups excluding tert-OH is 1. The lowest BCUT2D eigenvalue weighted by atomic mass is 9.98. The molecule has 32 heavy (non-hydrogen) atoms. The number of benzene rings is 2. The Morgan fingerprint density at radius 2 is 1.56 bits per heavy atom. The van der Waals surface area contributed by atoms with Crippen molar-refractivity contribution in [2.75, 3.05) is 19.7 Å². The van der Waals surface area contributed by atoms with E-state index >= 15 is 0 Å². The lowest BCUT2D eigenvalue weighted by Crippen LogP contribution is -2.48. The average molecular weight is 448 g/mol. The number of nitrogens with one attached hydrogen (secondary N) is 2. The summed E-state index contributed by atoms with van der Waals surface area (Å²) in [5.41, 5.74) is 3.98. The first-order valence-electron chi connectivity index (χ1n) is 9.86. The Bertz CT molecular complexity index is 968. The van der Waals surface area contributed by atoms with Gasteiger partial charge in [-0.15, -0.1) is 0 Å². The molecule has 0 bridgehead atoms. The third-order valence-corrected chi connectivity index (χ3v) is 5.12. The molecule has 10 heteroatoms. The Balaban J connectivity index is 1.50. The molecule has 1 aliphatic rings. The van der Waals surface area contributed by atoms with E-state index in [4.69, 9.17) is 14.9 Å². The van der Waals surface area contributed by atoms with E-state index in [9.17, 15) is 23.2 Å². The molecule has 2 aromatic rings. The smallest absolute Gasteiger partial charge is 0.407 e. The first-order chi connectivity index (χ1) is 15.2. The number of carbonyl (C=O) groups excluding carboxylic acids is 2. The summed E-state index contributed by atoms with van der Waals surface area (Å²) in [4.78, 5) is 34.0. The second-order valence-corrected chi connectivity index (χ2v) is 7.28. The molecule has 8 nitrogen and oxygen atoms in total. The van der Waals surface area contributed by atoms with Gasteiger partial charge in [0.15, 0.2) is 6.10 Å². The summed E-state index contributed by atoms with van der Waals surface area (Å²) in [6.07, 6.45) is -3.31. The van der Waals surface area contributed by atoms with Gasteiger partial charge in [0.2, 0.25) is 0 Å². The van der Waals surface area contributed by atoms with Crippen LogP contribution in [0.4, 0.5) is 13.6 Å². The van der Waals surface area contributed by atoms with Gasteiger partial charge in [-0.3, -0.25) is 4.79 Å². The Labute approximate surface area is 182 Å². The molecule has 2 aromatic carbocycles. The van der Waals surface area contributed by atoms with Crippen molar-refractivity contribution in [3.63, 3.8) is 0 Å². The molecule has 0 saturated carbocycles. The highest BCUT2D eigenvalue weighted by Crippen LogP contribution is 2.44. The summed E-state index contributed by atoms with van der Waals surface area (Å²) in [5.74, 6) is -7.41. The van der Waals surface area contributed by atoms with Crippen molar-refractivity contribution < 1.29 is 38.1 Å². The monoisotopic (exact) mass is 448 g/mol. The normalized spacial score (nSPS) is 13.6. The molecule has 1 atom stereocenters. The lowest BCUT2D eigenvalue weighted by Gasteiger charge is -2.18. The quantitative estimate of drug-likeness (QED) is 0.466. The summed E-state index contributed by atoms with van der Waals surface area (Å²) in [7, 11) is 0. The zero-order valence-corrected chi connectivity index (χ0v) is 16.9. The summed E-state index contributed by atoms with van der Waals surface area (Å²) in [6, 6.07) is 15.3. The van der Waals surface area contributed by atoms with E-state index in [-0.39, 0.29) is 12.5 Å². The number of rotatable bonds is 9. The number of amides is 2. The second-order valence-electron chi connectivity index (χ2n) is 7.28. The molecule has 0 aromatic heterocycles. The topological polar surface area (TPSA) is 125 Å². The molecule has 0 heterocycles. The summed E-state index contributed by atoms with van der Waals surface area (Å²) >= 11 is 0. The van der Waals surface area contributed by atoms with Gasteiger partial charge >= 0.3 is 18.0 Å². The predicted octanol–water partition coefficient (Wildman–Crippen LogP) is 2.11. The van der Waals surface area contributed by atoms with Crippen LogP contribution in [0.3, 0.4) is 0 Å². The van der Waals surface area contributed by atoms with E-state index in [1.165, 1.54) is 0 Å². The van der Waals surface area contributed by atoms with Crippen molar-refractivity contribution >= 4 is 18.0 Å². The predicted molar refractivity (Wildman–Crippen MR) is 109 cm³/mol. The van der Waals surface area contributed by atoms with Gasteiger partial charge in [0, 0.05) is 18.9 Å². The highest BCUT2D eigenvalue weighted by molar-refractivity contribution is 5.84. The fraction of sp³-hybridized carbons (Fsp3) is 0.318. The van der Waals surface area contributed by atoms with Crippen molar-refractivity contribution in [3.8, 4) is 11.1 Å². The number of ether oxygens (including phenoxy) is 1. The van der Waals surface area contributed by atoms with Crippen LogP contribution in [0.5, 0.6) is 0 Å². The Kier molecular flexibility index (Phi) is 7.04. The van der Waals surface area contributed by atoms with Gasteiger partial charge in [-0.1, -0.05) is 48.5 Å². The van der Waals surface area contributed by atoms with Crippen LogP contribution in [0.25, 0.3) is 11.1 Å². The van der Waals surface area contributed by atoms with Crippen LogP contribution in [-0.4, -0.2) is 59.9 Å². The fourth-order valence-corrected chi connectivity index (χ4v) is 3.49. The Morgan fingerprint density at radius 3 is 2.12 bits per heavy atom. The van der Waals surface area contributed by atoms with Gasteiger partial charge in [0.25, 0.3) is 5.91 Å². The van der Waals surface area contributed by atoms with E-state index < -0.39 is 49.5 Å². The van der Waals surface area contributed by atoms with Crippen LogP contribution in [0.15, 0.2) is 48.5 Å². The maximum absolute atomic E-state index is 13.9. The maximum Gasteiger partial charge on any atom is 0.407 e. The Morgan fingerprint density at radius 1 is 1.00 bits per heavy atom. The number of aliphatic hydroxyl groups is 1. The Hall–Kier alpha value is -3.53. The van der Waals surface area contributed by atoms with Gasteiger partial charge in [0.1, 0.15) is 6.61 Å². The number of alkyl carbamates (subject to hydrolysis) is 1. The number of aliphatic carboxylic acids is 1. The van der Waals surface area contributed by atoms with Gasteiger partial charge in [-0.05, 0) is 22.3 Å². The van der Waals surface area contributed by atoms with Crippen LogP contribution in [-0.2, 0) is 14.3 Å². The molecule has 0 spiro atoms. The van der Waals surface area contributed by atoms with E-state index in [1.807, 2.05) is 59.2 Å². The molecule has 0 radical (unpaired) electrons. The highest BCUT2D eigenvalue weighted by atomic mass is 19.3. The third kappa shape index (κ3) is 5.20. The summed E-state index contributed by atoms with van der Waals surface area (Å²) in [6.45, 7) is -1.82. The minimum Gasteiger partial charge on any atom is -0.479 e. The highest BCUT2D eigenvalue weighted by Gasteiger charge is 2.39. The molecule has 4 N–H and O–H groups in total. The van der Waals surface area contributed by atoms with Crippen LogP contribution in [0.1, 0.15) is 23.5 Å². The number of halogens is 2. The van der Waals surface area contributed by atoms with Gasteiger partial charge in [-0.25, -0.2) is 9.59 Å². The summed E-state index contributed by atoms with van der Waals surface area (Å²) < 4.78 is 33.0. The number of carboxylic acids is 1. The first kappa shape index (κ1) is 23.1. The van der Waals surface area contributed by atoms with E-state index in [2.05, 4.69) is 0 Å². The SMILES string of the molecule is O=C(NCC(F)(F)C(=O)NCCC(O)C(=O)O)OCC1c2ccccc2-c2ccccc21. The third-order valence-electron chi connectivity index (χ3n) is 5.12. The van der Waals surface area contributed by atoms with Crippen molar-refractivity contribution in [2.45, 2.75) is 24.4 Å². The molecule has 2 amide bonds. The molecule has 1 unspecified atom stereocenters. The number of carboxylic acid groups (broad SMARTS) is 1. The molecular weight excluding hydrogens is 426 g/mol. The molecule has 0 saturated heterocycles. The second kappa shape index (κ2) is 9.73. The molecule has 3 rings (SSSR count). The number of alkyl halides is 2. The zero-order valence-electron chi connectivity index (χ0n) is 16.9. The van der Waals surface area contributed by atoms with Gasteiger partial charge in [-0.2, -0.15) is 8.78 Å². The van der Waals surface area contributed by atoms with Crippen LogP contribution in [0.2, 0.25) is 0 Å². The van der Waals surface area contributed by atoms with E-state index in [1.54, 1.807) is 0 Å². The first-order valence-corrected chi connectivity index (χ1v) is 9.86. The molecule has 1 aliphatic carbocycles. The van der Waals surface area contributed by atoms with Gasteiger partial charge in [0.05, 0.1) is 6.54 Å². The van der Waals surface area contributed by atoms with E-state index in [0.29, 0.717) is 0 Å². The number of hydrogen-bond donors (Lipinski definition) is 4. The number of carbonyl (C=O) groups is 3. The minimum atomic E-state index is -3.94. The minimum absolute atomic E-state index is 0.0648. The fourth-order valence-electron chi connectivity index (χ4n) is 3.49. The van der Waals surface area contributed by atoms with Crippen LogP contribution < -0.4 is 10.6 Å². The summed E-state index contributed by atoms with van der Waals surface area (Å²) in [5, 5.41) is 21.3. The molecular formula is C22H22F2N2O6. The average Bonchev–Trinajstić information content (AvgIpc) is 3.10. The molecule has 170 valence electrons. The lowest BCUT2D eigenvalue weighted by molar-refractivity contribution is -0.148.